The van der Waals surface area contributed by atoms with Gasteiger partial charge in [-0.1, -0.05) is 0 Å². The first-order valence-electron chi connectivity index (χ1n) is 5.67. The Hall–Kier alpha value is -0.820. The molecule has 0 aromatic carbocycles. The molecule has 0 aromatic rings. The smallest absolute Gasteiger partial charge is 0.407 e. The second-order valence-corrected chi connectivity index (χ2v) is 6.68. The van der Waals surface area contributed by atoms with Gasteiger partial charge in [-0.05, 0) is 30.6 Å². The van der Waals surface area contributed by atoms with Crippen molar-refractivity contribution < 1.29 is 22.5 Å². The monoisotopic (exact) mass is 263 g/mol. The molecule has 17 heavy (non-hydrogen) atoms. The molecule has 1 saturated carbocycles. The molecule has 1 N–H and O–H groups in total. The fourth-order valence-electron chi connectivity index (χ4n) is 2.94. The Labute approximate surface area is 101 Å². The Morgan fingerprint density at radius 2 is 1.88 bits per heavy atom. The van der Waals surface area contributed by atoms with E-state index in [9.17, 15) is 13.2 Å². The van der Waals surface area contributed by atoms with E-state index in [0.717, 1.165) is 19.1 Å². The summed E-state index contributed by atoms with van der Waals surface area (Å²) >= 11 is 0. The molecule has 1 saturated heterocycles. The molecule has 0 bridgehead atoms. The molecule has 1 heterocycles. The standard InChI is InChI=1S/C10H17NO5S/c1-17(14,15)16-6-7-2-8-4-11(10(12)13)5-9(8)3-7/h7-9H,2-6H2,1H3,(H,12,13)/t7?,8-,9+. The number of likely N-dealkylation sites (tertiary alicyclic amines) is 1. The molecule has 0 aromatic heterocycles. The lowest BCUT2D eigenvalue weighted by atomic mass is 10.0. The Morgan fingerprint density at radius 1 is 1.35 bits per heavy atom. The van der Waals surface area contributed by atoms with Crippen molar-refractivity contribution in [1.82, 2.24) is 4.90 Å². The van der Waals surface area contributed by atoms with E-state index in [4.69, 9.17) is 9.29 Å². The largest absolute Gasteiger partial charge is 0.465 e. The van der Waals surface area contributed by atoms with E-state index in [1.54, 1.807) is 0 Å². The molecule has 1 aliphatic carbocycles. The van der Waals surface area contributed by atoms with Gasteiger partial charge in [-0.3, -0.25) is 4.18 Å². The van der Waals surface area contributed by atoms with Crippen molar-refractivity contribution in [2.75, 3.05) is 26.0 Å². The zero-order valence-electron chi connectivity index (χ0n) is 9.70. The lowest BCUT2D eigenvalue weighted by molar-refractivity contribution is 0.150. The number of fused-ring (bicyclic) bond motifs is 1. The number of hydrogen-bond acceptors (Lipinski definition) is 4. The Balaban J connectivity index is 1.82. The van der Waals surface area contributed by atoms with Crippen molar-refractivity contribution in [2.24, 2.45) is 17.8 Å². The molecular weight excluding hydrogens is 246 g/mol. The summed E-state index contributed by atoms with van der Waals surface area (Å²) in [6.07, 6.45) is 1.92. The molecule has 3 atom stereocenters. The molecular formula is C10H17NO5S. The van der Waals surface area contributed by atoms with Gasteiger partial charge in [0.1, 0.15) is 0 Å². The number of carbonyl (C=O) groups is 1. The lowest BCUT2D eigenvalue weighted by Crippen LogP contribution is -2.28. The van der Waals surface area contributed by atoms with E-state index in [1.165, 1.54) is 4.90 Å². The predicted molar refractivity (Wildman–Crippen MR) is 60.1 cm³/mol. The topological polar surface area (TPSA) is 83.9 Å². The average Bonchev–Trinajstić information content (AvgIpc) is 2.69. The van der Waals surface area contributed by atoms with E-state index in [2.05, 4.69) is 0 Å². The van der Waals surface area contributed by atoms with Crippen LogP contribution < -0.4 is 0 Å². The zero-order chi connectivity index (χ0) is 12.6. The summed E-state index contributed by atoms with van der Waals surface area (Å²) in [5, 5.41) is 8.87. The molecule has 2 rings (SSSR count). The van der Waals surface area contributed by atoms with Crippen LogP contribution in [0.25, 0.3) is 0 Å². The van der Waals surface area contributed by atoms with Gasteiger partial charge in [-0.25, -0.2) is 4.79 Å². The minimum Gasteiger partial charge on any atom is -0.465 e. The fraction of sp³-hybridized carbons (Fsp3) is 0.900. The summed E-state index contributed by atoms with van der Waals surface area (Å²) in [7, 11) is -3.36. The molecule has 7 heteroatoms. The van der Waals surface area contributed by atoms with E-state index in [-0.39, 0.29) is 12.5 Å². The first kappa shape index (κ1) is 12.6. The third-order valence-corrected chi connectivity index (χ3v) is 4.20. The molecule has 1 aliphatic heterocycles. The van der Waals surface area contributed by atoms with Crippen LogP contribution in [0.4, 0.5) is 4.79 Å². The minimum absolute atomic E-state index is 0.235. The summed E-state index contributed by atoms with van der Waals surface area (Å²) in [4.78, 5) is 12.2. The number of carboxylic acid groups (broad SMARTS) is 1. The highest BCUT2D eigenvalue weighted by molar-refractivity contribution is 7.85. The Kier molecular flexibility index (Phi) is 3.31. The Bertz CT molecular complexity index is 393. The van der Waals surface area contributed by atoms with Gasteiger partial charge in [0.05, 0.1) is 12.9 Å². The molecule has 1 unspecified atom stereocenters. The maximum Gasteiger partial charge on any atom is 0.407 e. The first-order valence-corrected chi connectivity index (χ1v) is 7.49. The van der Waals surface area contributed by atoms with Gasteiger partial charge < -0.3 is 10.0 Å². The third-order valence-electron chi connectivity index (χ3n) is 3.64. The van der Waals surface area contributed by atoms with E-state index < -0.39 is 16.2 Å². The number of rotatable bonds is 3. The maximum absolute atomic E-state index is 10.9. The SMILES string of the molecule is CS(=O)(=O)OCC1C[C@@H]2CN(C(=O)O)C[C@@H]2C1. The molecule has 2 aliphatic rings. The average molecular weight is 263 g/mol. The summed E-state index contributed by atoms with van der Waals surface area (Å²) in [6, 6.07) is 0. The molecule has 98 valence electrons. The van der Waals surface area contributed by atoms with Gasteiger partial charge >= 0.3 is 6.09 Å². The molecule has 2 fully saturated rings. The summed E-state index contributed by atoms with van der Waals surface area (Å²) < 4.78 is 26.5. The highest BCUT2D eigenvalue weighted by Gasteiger charge is 2.42. The van der Waals surface area contributed by atoms with Gasteiger partial charge in [0.15, 0.2) is 0 Å². The number of hydrogen-bond donors (Lipinski definition) is 1. The molecule has 6 nitrogen and oxygen atoms in total. The van der Waals surface area contributed by atoms with Crippen molar-refractivity contribution in [1.29, 1.82) is 0 Å². The second kappa shape index (κ2) is 4.45. The second-order valence-electron chi connectivity index (χ2n) is 5.03. The van der Waals surface area contributed by atoms with E-state index >= 15 is 0 Å². The fourth-order valence-corrected chi connectivity index (χ4v) is 3.38. The van der Waals surface area contributed by atoms with Crippen LogP contribution in [0.3, 0.4) is 0 Å². The van der Waals surface area contributed by atoms with Crippen LogP contribution in [-0.2, 0) is 14.3 Å². The van der Waals surface area contributed by atoms with Gasteiger partial charge in [-0.15, -0.1) is 0 Å². The van der Waals surface area contributed by atoms with E-state index in [0.29, 0.717) is 24.9 Å². The van der Waals surface area contributed by atoms with Crippen LogP contribution in [0.2, 0.25) is 0 Å². The van der Waals surface area contributed by atoms with Gasteiger partial charge in [0.2, 0.25) is 0 Å². The minimum atomic E-state index is -3.36. The van der Waals surface area contributed by atoms with Crippen LogP contribution in [0, 0.1) is 17.8 Å². The zero-order valence-corrected chi connectivity index (χ0v) is 10.5. The number of nitrogens with zero attached hydrogens (tertiary/aromatic N) is 1. The highest BCUT2D eigenvalue weighted by Crippen LogP contribution is 2.41. The normalized spacial score (nSPS) is 32.8. The predicted octanol–water partition coefficient (Wildman–Crippen LogP) is 0.599. The summed E-state index contributed by atoms with van der Waals surface area (Å²) in [5.41, 5.74) is 0. The quantitative estimate of drug-likeness (QED) is 0.754. The van der Waals surface area contributed by atoms with E-state index in [1.807, 2.05) is 0 Å². The molecule has 0 spiro atoms. The molecule has 1 amide bonds. The summed E-state index contributed by atoms with van der Waals surface area (Å²) in [5.74, 6) is 0.995. The van der Waals surface area contributed by atoms with Crippen LogP contribution in [-0.4, -0.2) is 50.5 Å². The first-order chi connectivity index (χ1) is 7.85. The van der Waals surface area contributed by atoms with Crippen molar-refractivity contribution in [3.05, 3.63) is 0 Å². The highest BCUT2D eigenvalue weighted by atomic mass is 32.2. The van der Waals surface area contributed by atoms with Crippen LogP contribution in [0.1, 0.15) is 12.8 Å². The number of amides is 1. The van der Waals surface area contributed by atoms with Crippen molar-refractivity contribution in [3.63, 3.8) is 0 Å². The molecule has 0 radical (unpaired) electrons. The summed E-state index contributed by atoms with van der Waals surface area (Å²) in [6.45, 7) is 1.39. The van der Waals surface area contributed by atoms with Gasteiger partial charge in [-0.2, -0.15) is 8.42 Å². The van der Waals surface area contributed by atoms with Crippen LogP contribution in [0.5, 0.6) is 0 Å². The van der Waals surface area contributed by atoms with Crippen molar-refractivity contribution in [2.45, 2.75) is 12.8 Å². The third kappa shape index (κ3) is 3.10. The maximum atomic E-state index is 10.9. The van der Waals surface area contributed by atoms with Gasteiger partial charge in [0.25, 0.3) is 10.1 Å². The van der Waals surface area contributed by atoms with Gasteiger partial charge in [0, 0.05) is 13.1 Å². The van der Waals surface area contributed by atoms with Crippen molar-refractivity contribution >= 4 is 16.2 Å². The van der Waals surface area contributed by atoms with Crippen molar-refractivity contribution in [3.8, 4) is 0 Å². The Morgan fingerprint density at radius 3 is 2.29 bits per heavy atom. The van der Waals surface area contributed by atoms with Crippen LogP contribution >= 0.6 is 0 Å². The lowest BCUT2D eigenvalue weighted by Gasteiger charge is -2.15. The van der Waals surface area contributed by atoms with Crippen LogP contribution in [0.15, 0.2) is 0 Å².